The molecule has 2 N–H and O–H groups in total. The number of hydrogen-bond acceptors (Lipinski definition) is 4. The van der Waals surface area contributed by atoms with Gasteiger partial charge in [-0.05, 0) is 36.3 Å². The molecule has 1 atom stereocenters. The average Bonchev–Trinajstić information content (AvgIpc) is 2.66. The number of carbonyl (C=O) groups is 1. The Bertz CT molecular complexity index is 998. The first-order valence-corrected chi connectivity index (χ1v) is 8.02. The van der Waals surface area contributed by atoms with Gasteiger partial charge in [0, 0.05) is 23.3 Å². The van der Waals surface area contributed by atoms with Crippen LogP contribution >= 0.6 is 0 Å². The van der Waals surface area contributed by atoms with Crippen LogP contribution in [0.3, 0.4) is 0 Å². The molecule has 2 aromatic heterocycles. The molecule has 5 heteroatoms. The van der Waals surface area contributed by atoms with E-state index in [-0.39, 0.29) is 0 Å². The summed E-state index contributed by atoms with van der Waals surface area (Å²) in [6.45, 7) is 0. The molecule has 1 amide bonds. The molecular weight excluding hydrogens is 314 g/mol. The Morgan fingerprint density at radius 1 is 1.24 bits per heavy atom. The number of nitrogens with two attached hydrogens (primary N) is 1. The zero-order valence-electron chi connectivity index (χ0n) is 13.8. The Balaban J connectivity index is 2.09. The average molecular weight is 331 g/mol. The molecule has 2 heterocycles. The summed E-state index contributed by atoms with van der Waals surface area (Å²) in [5.74, 6) is 0.228. The second kappa shape index (κ2) is 5.70. The van der Waals surface area contributed by atoms with Crippen LogP contribution in [0.4, 0.5) is 0 Å². The van der Waals surface area contributed by atoms with Crippen molar-refractivity contribution in [2.24, 2.45) is 5.73 Å². The lowest BCUT2D eigenvalue weighted by Gasteiger charge is -2.35. The Morgan fingerprint density at radius 3 is 2.80 bits per heavy atom. The van der Waals surface area contributed by atoms with E-state index in [0.29, 0.717) is 17.9 Å². The Labute approximate surface area is 145 Å². The molecule has 4 rings (SSSR count). The molecule has 124 valence electrons. The first-order chi connectivity index (χ1) is 12.2. The Kier molecular flexibility index (Phi) is 3.50. The topological polar surface area (TPSA) is 78.1 Å². The summed E-state index contributed by atoms with van der Waals surface area (Å²) in [5.41, 5.74) is 7.91. The van der Waals surface area contributed by atoms with Crippen molar-refractivity contribution in [3.05, 3.63) is 77.8 Å². The number of primary amides is 1. The quantitative estimate of drug-likeness (QED) is 0.800. The molecule has 0 saturated carbocycles. The molecule has 5 nitrogen and oxygen atoms in total. The number of para-hydroxylation sites is 1. The number of fused-ring (bicyclic) bond motifs is 2. The first kappa shape index (κ1) is 15.3. The van der Waals surface area contributed by atoms with E-state index in [1.54, 1.807) is 19.5 Å². The number of ether oxygens (including phenoxy) is 1. The number of pyridine rings is 2. The van der Waals surface area contributed by atoms with E-state index in [0.717, 1.165) is 22.0 Å². The normalized spacial score (nSPS) is 19.2. The predicted molar refractivity (Wildman–Crippen MR) is 95.6 cm³/mol. The smallest absolute Gasteiger partial charge is 0.233 e. The lowest BCUT2D eigenvalue weighted by atomic mass is 9.68. The highest BCUT2D eigenvalue weighted by molar-refractivity contribution is 5.95. The van der Waals surface area contributed by atoms with E-state index in [9.17, 15) is 4.79 Å². The summed E-state index contributed by atoms with van der Waals surface area (Å²) in [5, 5.41) is 0.952. The van der Waals surface area contributed by atoms with Gasteiger partial charge in [-0.1, -0.05) is 24.3 Å². The largest absolute Gasteiger partial charge is 0.495 e. The highest BCUT2D eigenvalue weighted by atomic mass is 16.5. The van der Waals surface area contributed by atoms with Gasteiger partial charge in [0.2, 0.25) is 5.91 Å². The van der Waals surface area contributed by atoms with Crippen molar-refractivity contribution in [1.29, 1.82) is 0 Å². The monoisotopic (exact) mass is 331 g/mol. The van der Waals surface area contributed by atoms with Crippen LogP contribution in [0.2, 0.25) is 0 Å². The maximum absolute atomic E-state index is 12.7. The maximum Gasteiger partial charge on any atom is 0.233 e. The second-order valence-electron chi connectivity index (χ2n) is 6.07. The minimum absolute atomic E-state index is 0.407. The third-order valence-electron chi connectivity index (χ3n) is 4.81. The summed E-state index contributed by atoms with van der Waals surface area (Å²) >= 11 is 0. The molecule has 1 aliphatic carbocycles. The van der Waals surface area contributed by atoms with Crippen LogP contribution in [0.5, 0.6) is 0 Å². The Morgan fingerprint density at radius 2 is 2.08 bits per heavy atom. The number of rotatable bonds is 3. The molecule has 0 bridgehead atoms. The maximum atomic E-state index is 12.7. The number of benzene rings is 1. The van der Waals surface area contributed by atoms with E-state index < -0.39 is 11.3 Å². The number of carbonyl (C=O) groups excluding carboxylic acids is 1. The minimum atomic E-state index is -1.01. The summed E-state index contributed by atoms with van der Waals surface area (Å²) in [6, 6.07) is 13.5. The molecule has 0 aliphatic heterocycles. The molecule has 3 aromatic rings. The molecule has 1 aromatic carbocycles. The zero-order valence-corrected chi connectivity index (χ0v) is 13.8. The van der Waals surface area contributed by atoms with Gasteiger partial charge >= 0.3 is 0 Å². The molecule has 1 unspecified atom stereocenters. The molecule has 1 aliphatic rings. The third-order valence-corrected chi connectivity index (χ3v) is 4.81. The van der Waals surface area contributed by atoms with Gasteiger partial charge in [-0.25, -0.2) is 4.98 Å². The van der Waals surface area contributed by atoms with Gasteiger partial charge in [0.15, 0.2) is 0 Å². The molecular formula is C20H17N3O2. The molecule has 25 heavy (non-hydrogen) atoms. The first-order valence-electron chi connectivity index (χ1n) is 8.02. The van der Waals surface area contributed by atoms with Gasteiger partial charge in [0.25, 0.3) is 0 Å². The van der Waals surface area contributed by atoms with E-state index in [2.05, 4.69) is 4.98 Å². The predicted octanol–water partition coefficient (Wildman–Crippen LogP) is 2.79. The summed E-state index contributed by atoms with van der Waals surface area (Å²) < 4.78 is 5.51. The number of hydrogen-bond donors (Lipinski definition) is 1. The number of nitrogens with zero attached hydrogens (tertiary/aromatic N) is 2. The fourth-order valence-electron chi connectivity index (χ4n) is 3.53. The zero-order chi connectivity index (χ0) is 17.4. The number of allylic oxidation sites excluding steroid dienone is 1. The van der Waals surface area contributed by atoms with Gasteiger partial charge < -0.3 is 10.5 Å². The van der Waals surface area contributed by atoms with Crippen molar-refractivity contribution in [2.75, 3.05) is 7.11 Å². The highest BCUT2D eigenvalue weighted by Crippen LogP contribution is 2.44. The van der Waals surface area contributed by atoms with Crippen LogP contribution in [0, 0.1) is 0 Å². The Hall–Kier alpha value is -3.21. The number of aromatic nitrogens is 2. The summed E-state index contributed by atoms with van der Waals surface area (Å²) in [7, 11) is 1.60. The van der Waals surface area contributed by atoms with Gasteiger partial charge in [0.1, 0.15) is 16.9 Å². The lowest BCUT2D eigenvalue weighted by Crippen LogP contribution is -2.44. The summed E-state index contributed by atoms with van der Waals surface area (Å²) in [6.07, 6.45) is 5.65. The van der Waals surface area contributed by atoms with Gasteiger partial charge in [-0.15, -0.1) is 0 Å². The van der Waals surface area contributed by atoms with Crippen molar-refractivity contribution in [3.8, 4) is 0 Å². The van der Waals surface area contributed by atoms with Crippen molar-refractivity contribution >= 4 is 22.6 Å². The van der Waals surface area contributed by atoms with Gasteiger partial charge in [-0.2, -0.15) is 0 Å². The minimum Gasteiger partial charge on any atom is -0.495 e. The van der Waals surface area contributed by atoms with Crippen LogP contribution in [0.1, 0.15) is 23.2 Å². The lowest BCUT2D eigenvalue weighted by molar-refractivity contribution is -0.122. The van der Waals surface area contributed by atoms with Crippen LogP contribution in [-0.4, -0.2) is 23.0 Å². The second-order valence-corrected chi connectivity index (χ2v) is 6.07. The van der Waals surface area contributed by atoms with Gasteiger partial charge in [0.05, 0.1) is 12.6 Å². The van der Waals surface area contributed by atoms with Crippen molar-refractivity contribution in [3.63, 3.8) is 0 Å². The standard InChI is InChI=1S/C20H17N3O2/c1-25-17-8-9-20(19(21)24,14-6-4-10-22-12-14)15-11-13-5-2-3-7-16(13)23-18(15)17/h2-8,10-12H,9H2,1H3,(H2,21,24). The van der Waals surface area contributed by atoms with Crippen molar-refractivity contribution in [1.82, 2.24) is 9.97 Å². The van der Waals surface area contributed by atoms with Crippen LogP contribution in [0.15, 0.2) is 60.9 Å². The summed E-state index contributed by atoms with van der Waals surface area (Å²) in [4.78, 5) is 21.6. The SMILES string of the molecule is COC1=CCC(C(N)=O)(c2cccnc2)c2cc3ccccc3nc21. The molecule has 0 saturated heterocycles. The van der Waals surface area contributed by atoms with Crippen LogP contribution in [0.25, 0.3) is 16.7 Å². The van der Waals surface area contributed by atoms with Gasteiger partial charge in [-0.3, -0.25) is 9.78 Å². The van der Waals surface area contributed by atoms with E-state index in [1.807, 2.05) is 48.5 Å². The highest BCUT2D eigenvalue weighted by Gasteiger charge is 2.45. The van der Waals surface area contributed by atoms with E-state index >= 15 is 0 Å². The van der Waals surface area contributed by atoms with Crippen LogP contribution in [-0.2, 0) is 14.9 Å². The number of amides is 1. The molecule has 0 radical (unpaired) electrons. The fraction of sp³-hybridized carbons (Fsp3) is 0.150. The molecule has 0 fully saturated rings. The van der Waals surface area contributed by atoms with E-state index in [1.165, 1.54) is 0 Å². The molecule has 0 spiro atoms. The fourth-order valence-corrected chi connectivity index (χ4v) is 3.53. The van der Waals surface area contributed by atoms with Crippen molar-refractivity contribution in [2.45, 2.75) is 11.8 Å². The van der Waals surface area contributed by atoms with Crippen LogP contribution < -0.4 is 5.73 Å². The van der Waals surface area contributed by atoms with E-state index in [4.69, 9.17) is 15.5 Å². The third kappa shape index (κ3) is 2.20. The number of methoxy groups -OCH3 is 1. The van der Waals surface area contributed by atoms with Crippen molar-refractivity contribution < 1.29 is 9.53 Å².